The predicted octanol–water partition coefficient (Wildman–Crippen LogP) is 7.63. The zero-order chi connectivity index (χ0) is 17.9. The van der Waals surface area contributed by atoms with Gasteiger partial charge in [0.05, 0.1) is 0 Å². The van der Waals surface area contributed by atoms with Gasteiger partial charge in [0.1, 0.15) is 0 Å². The van der Waals surface area contributed by atoms with Crippen LogP contribution in [0, 0.1) is 59.7 Å². The summed E-state index contributed by atoms with van der Waals surface area (Å²) in [5.74, 6) is 8.24. The molecule has 0 saturated heterocycles. The number of hydrogen-bond donors (Lipinski definition) is 0. The van der Waals surface area contributed by atoms with Crippen molar-refractivity contribution in [3.63, 3.8) is 0 Å². The van der Waals surface area contributed by atoms with Gasteiger partial charge in [0.15, 0.2) is 0 Å². The first-order valence-electron chi connectivity index (χ1n) is 11.1. The van der Waals surface area contributed by atoms with Crippen molar-refractivity contribution in [1.82, 2.24) is 0 Å². The Morgan fingerprint density at radius 3 is 1.83 bits per heavy atom. The first-order valence-corrected chi connectivity index (χ1v) is 11.1. The molecule has 2 fully saturated rings. The van der Waals surface area contributed by atoms with Crippen molar-refractivity contribution in [2.45, 2.75) is 93.4 Å². The van der Waals surface area contributed by atoms with E-state index in [9.17, 15) is 0 Å². The van der Waals surface area contributed by atoms with E-state index in [0.29, 0.717) is 0 Å². The normalized spacial score (nSPS) is 39.4. The van der Waals surface area contributed by atoms with Crippen LogP contribution < -0.4 is 0 Å². The Bertz CT molecular complexity index is 355. The van der Waals surface area contributed by atoms with Crippen molar-refractivity contribution in [3.8, 4) is 0 Å². The lowest BCUT2D eigenvalue weighted by Gasteiger charge is -2.42. The molecule has 0 aliphatic heterocycles. The van der Waals surface area contributed by atoms with Crippen LogP contribution in [0.4, 0.5) is 0 Å². The lowest BCUT2D eigenvalue weighted by molar-refractivity contribution is 0.0926. The third kappa shape index (κ3) is 5.25. The maximum absolute atomic E-state index is 2.78. The summed E-state index contributed by atoms with van der Waals surface area (Å²) < 4.78 is 0. The van der Waals surface area contributed by atoms with Crippen LogP contribution >= 0.6 is 0 Å². The third-order valence-corrected chi connectivity index (χ3v) is 7.69. The minimum Gasteiger partial charge on any atom is -0.0625 e. The van der Waals surface area contributed by atoms with Gasteiger partial charge < -0.3 is 0 Å². The molecule has 0 aromatic heterocycles. The van der Waals surface area contributed by atoms with Gasteiger partial charge in [-0.25, -0.2) is 0 Å². The summed E-state index contributed by atoms with van der Waals surface area (Å²) in [6.07, 6.45) is 12.9. The van der Waals surface area contributed by atoms with Gasteiger partial charge in [-0.15, -0.1) is 0 Å². The fraction of sp³-hybridized carbons (Fsp3) is 0.958. The van der Waals surface area contributed by atoms with Crippen LogP contribution in [-0.4, -0.2) is 0 Å². The van der Waals surface area contributed by atoms with Gasteiger partial charge in [0.25, 0.3) is 0 Å². The number of hydrogen-bond acceptors (Lipinski definition) is 0. The molecule has 2 rings (SSSR count). The summed E-state index contributed by atoms with van der Waals surface area (Å²) in [4.78, 5) is 0. The Hall–Kier alpha value is 0. The summed E-state index contributed by atoms with van der Waals surface area (Å²) >= 11 is 0. The van der Waals surface area contributed by atoms with Gasteiger partial charge in [-0.05, 0) is 91.8 Å². The maximum atomic E-state index is 2.78. The predicted molar refractivity (Wildman–Crippen MR) is 108 cm³/mol. The van der Waals surface area contributed by atoms with Crippen LogP contribution in [0.5, 0.6) is 0 Å². The first kappa shape index (κ1) is 20.3. The third-order valence-electron chi connectivity index (χ3n) is 7.69. The topological polar surface area (TPSA) is 0 Å². The lowest BCUT2D eigenvalue weighted by atomic mass is 9.63. The van der Waals surface area contributed by atoms with E-state index in [2.05, 4.69) is 54.9 Å². The second-order valence-electron chi connectivity index (χ2n) is 10.4. The highest BCUT2D eigenvalue weighted by molar-refractivity contribution is 4.92. The van der Waals surface area contributed by atoms with Crippen molar-refractivity contribution < 1.29 is 0 Å². The van der Waals surface area contributed by atoms with Gasteiger partial charge >= 0.3 is 0 Å². The quantitative estimate of drug-likeness (QED) is 0.468. The average molecular weight is 334 g/mol. The molecular weight excluding hydrogens is 288 g/mol. The van der Waals surface area contributed by atoms with Crippen molar-refractivity contribution in [2.75, 3.05) is 0 Å². The van der Waals surface area contributed by atoms with E-state index in [-0.39, 0.29) is 0 Å². The molecule has 0 N–H and O–H groups in total. The molecule has 0 heteroatoms. The van der Waals surface area contributed by atoms with E-state index in [1.54, 1.807) is 0 Å². The van der Waals surface area contributed by atoms with E-state index in [4.69, 9.17) is 0 Å². The SMILES string of the molecule is CC1CCC(C(C)C)C([CH]CC(C)C2CC(C)CCC2C(C)C)C1. The summed E-state index contributed by atoms with van der Waals surface area (Å²) in [5.41, 5.74) is 0. The fourth-order valence-electron chi connectivity index (χ4n) is 6.04. The maximum Gasteiger partial charge on any atom is -0.0349 e. The second-order valence-corrected chi connectivity index (χ2v) is 10.4. The minimum absolute atomic E-state index is 0.854. The van der Waals surface area contributed by atoms with E-state index >= 15 is 0 Å². The van der Waals surface area contributed by atoms with Gasteiger partial charge in [-0.3, -0.25) is 0 Å². The Labute approximate surface area is 153 Å². The monoisotopic (exact) mass is 333 g/mol. The standard InChI is InChI=1S/C24H45/c1-16(2)22-12-8-18(5)14-21(22)11-10-20(7)24-15-19(6)9-13-23(24)17(3)4/h11,16-24H,8-10,12-15H2,1-7H3. The van der Waals surface area contributed by atoms with Crippen LogP contribution in [0.1, 0.15) is 93.4 Å². The van der Waals surface area contributed by atoms with Gasteiger partial charge in [0.2, 0.25) is 0 Å². The summed E-state index contributed by atoms with van der Waals surface area (Å²) in [6.45, 7) is 17.3. The zero-order valence-electron chi connectivity index (χ0n) is 17.7. The van der Waals surface area contributed by atoms with Gasteiger partial charge in [-0.2, -0.15) is 0 Å². The Morgan fingerprint density at radius 2 is 1.25 bits per heavy atom. The number of rotatable bonds is 6. The van der Waals surface area contributed by atoms with Crippen molar-refractivity contribution in [1.29, 1.82) is 0 Å². The van der Waals surface area contributed by atoms with E-state index < -0.39 is 0 Å². The molecule has 24 heavy (non-hydrogen) atoms. The lowest BCUT2D eigenvalue weighted by Crippen LogP contribution is -2.33. The summed E-state index contributed by atoms with van der Waals surface area (Å²) in [5, 5.41) is 0. The highest BCUT2D eigenvalue weighted by atomic mass is 14.4. The van der Waals surface area contributed by atoms with E-state index in [1.165, 1.54) is 44.9 Å². The molecule has 7 unspecified atom stereocenters. The molecule has 0 spiro atoms. The fourth-order valence-corrected chi connectivity index (χ4v) is 6.04. The zero-order valence-corrected chi connectivity index (χ0v) is 17.7. The molecule has 0 aromatic carbocycles. The molecule has 0 aromatic rings. The van der Waals surface area contributed by atoms with Gasteiger partial charge in [0, 0.05) is 0 Å². The molecule has 7 atom stereocenters. The molecule has 141 valence electrons. The summed E-state index contributed by atoms with van der Waals surface area (Å²) in [6, 6.07) is 0. The van der Waals surface area contributed by atoms with Crippen LogP contribution in [-0.2, 0) is 0 Å². The highest BCUT2D eigenvalue weighted by Crippen LogP contribution is 2.45. The molecule has 0 amide bonds. The van der Waals surface area contributed by atoms with Gasteiger partial charge in [-0.1, -0.05) is 61.3 Å². The second kappa shape index (κ2) is 9.09. The van der Waals surface area contributed by atoms with Crippen molar-refractivity contribution >= 4 is 0 Å². The van der Waals surface area contributed by atoms with Crippen molar-refractivity contribution in [3.05, 3.63) is 6.42 Å². The van der Waals surface area contributed by atoms with E-state index in [0.717, 1.165) is 53.3 Å². The van der Waals surface area contributed by atoms with E-state index in [1.807, 2.05) is 0 Å². The molecule has 2 aliphatic carbocycles. The van der Waals surface area contributed by atoms with Crippen molar-refractivity contribution in [2.24, 2.45) is 53.3 Å². The molecule has 2 aliphatic rings. The Morgan fingerprint density at radius 1 is 0.708 bits per heavy atom. The average Bonchev–Trinajstić information content (AvgIpc) is 2.51. The minimum atomic E-state index is 0.854. The molecule has 0 bridgehead atoms. The largest absolute Gasteiger partial charge is 0.0625 e. The molecule has 1 radical (unpaired) electrons. The molecular formula is C24H45. The smallest absolute Gasteiger partial charge is 0.0349 e. The van der Waals surface area contributed by atoms with Crippen LogP contribution in [0.25, 0.3) is 0 Å². The Kier molecular flexibility index (Phi) is 7.69. The summed E-state index contributed by atoms with van der Waals surface area (Å²) in [7, 11) is 0. The molecule has 0 nitrogen and oxygen atoms in total. The molecule has 0 heterocycles. The van der Waals surface area contributed by atoms with Crippen LogP contribution in [0.2, 0.25) is 0 Å². The van der Waals surface area contributed by atoms with Crippen LogP contribution in [0.15, 0.2) is 0 Å². The molecule has 2 saturated carbocycles. The Balaban J connectivity index is 1.93. The first-order chi connectivity index (χ1) is 11.3. The van der Waals surface area contributed by atoms with Crippen LogP contribution in [0.3, 0.4) is 0 Å². The highest BCUT2D eigenvalue weighted by Gasteiger charge is 2.35.